The number of amides is 1. The Morgan fingerprint density at radius 3 is 2.44 bits per heavy atom. The molecule has 3 heteroatoms. The van der Waals surface area contributed by atoms with Gasteiger partial charge in [-0.1, -0.05) is 20.8 Å². The van der Waals surface area contributed by atoms with Gasteiger partial charge in [-0.2, -0.15) is 0 Å². The van der Waals surface area contributed by atoms with Crippen molar-refractivity contribution in [3.63, 3.8) is 0 Å². The molecular weight excluding hydrogens is 224 g/mol. The molecule has 0 aliphatic heterocycles. The molecule has 18 heavy (non-hydrogen) atoms. The standard InChI is InChI=1S/C15H30N2O/c1-12(11-16)5-6-14(18)17(4)13-7-9-15(2,3)10-8-13/h12-13H,5-11,16H2,1-4H3. The maximum absolute atomic E-state index is 12.1. The summed E-state index contributed by atoms with van der Waals surface area (Å²) in [5.74, 6) is 0.743. The van der Waals surface area contributed by atoms with Gasteiger partial charge in [-0.15, -0.1) is 0 Å². The topological polar surface area (TPSA) is 46.3 Å². The fourth-order valence-electron chi connectivity index (χ4n) is 2.64. The van der Waals surface area contributed by atoms with E-state index in [4.69, 9.17) is 5.73 Å². The maximum Gasteiger partial charge on any atom is 0.222 e. The molecule has 0 spiro atoms. The van der Waals surface area contributed by atoms with Crippen molar-refractivity contribution in [2.45, 2.75) is 65.3 Å². The molecule has 1 aliphatic carbocycles. The zero-order valence-corrected chi connectivity index (χ0v) is 12.5. The number of nitrogens with two attached hydrogens (primary N) is 1. The fourth-order valence-corrected chi connectivity index (χ4v) is 2.64. The highest BCUT2D eigenvalue weighted by molar-refractivity contribution is 5.76. The van der Waals surface area contributed by atoms with Crippen molar-refractivity contribution in [3.8, 4) is 0 Å². The average molecular weight is 254 g/mol. The Hall–Kier alpha value is -0.570. The maximum atomic E-state index is 12.1. The molecule has 0 aromatic carbocycles. The van der Waals surface area contributed by atoms with E-state index in [0.29, 0.717) is 36.2 Å². The van der Waals surface area contributed by atoms with Gasteiger partial charge in [-0.3, -0.25) is 4.79 Å². The van der Waals surface area contributed by atoms with Gasteiger partial charge in [0.2, 0.25) is 5.91 Å². The lowest BCUT2D eigenvalue weighted by Gasteiger charge is -2.38. The van der Waals surface area contributed by atoms with Gasteiger partial charge in [0, 0.05) is 19.5 Å². The summed E-state index contributed by atoms with van der Waals surface area (Å²) in [5.41, 5.74) is 6.05. The number of hydrogen-bond acceptors (Lipinski definition) is 2. The Kier molecular flexibility index (Phi) is 5.64. The van der Waals surface area contributed by atoms with Crippen LogP contribution in [0.3, 0.4) is 0 Å². The zero-order chi connectivity index (χ0) is 13.8. The van der Waals surface area contributed by atoms with E-state index in [1.54, 1.807) is 0 Å². The van der Waals surface area contributed by atoms with Gasteiger partial charge in [-0.05, 0) is 50.0 Å². The molecule has 1 rings (SSSR count). The summed E-state index contributed by atoms with van der Waals surface area (Å²) in [7, 11) is 1.97. The first kappa shape index (κ1) is 15.5. The molecule has 1 aliphatic rings. The van der Waals surface area contributed by atoms with E-state index in [9.17, 15) is 4.79 Å². The van der Waals surface area contributed by atoms with Gasteiger partial charge in [0.25, 0.3) is 0 Å². The van der Waals surface area contributed by atoms with Gasteiger partial charge in [0.05, 0.1) is 0 Å². The minimum absolute atomic E-state index is 0.292. The van der Waals surface area contributed by atoms with E-state index in [1.165, 1.54) is 12.8 Å². The molecule has 1 saturated carbocycles. The van der Waals surface area contributed by atoms with Crippen LogP contribution in [0, 0.1) is 11.3 Å². The van der Waals surface area contributed by atoms with Gasteiger partial charge in [-0.25, -0.2) is 0 Å². The fraction of sp³-hybridized carbons (Fsp3) is 0.933. The van der Waals surface area contributed by atoms with Crippen molar-refractivity contribution >= 4 is 5.91 Å². The predicted molar refractivity (Wildman–Crippen MR) is 76.3 cm³/mol. The third-order valence-electron chi connectivity index (χ3n) is 4.50. The highest BCUT2D eigenvalue weighted by atomic mass is 16.2. The van der Waals surface area contributed by atoms with Crippen LogP contribution < -0.4 is 5.73 Å². The van der Waals surface area contributed by atoms with E-state index in [2.05, 4.69) is 20.8 Å². The van der Waals surface area contributed by atoms with Crippen LogP contribution in [-0.4, -0.2) is 30.4 Å². The molecule has 106 valence electrons. The Morgan fingerprint density at radius 2 is 1.94 bits per heavy atom. The van der Waals surface area contributed by atoms with Gasteiger partial charge in [0.1, 0.15) is 0 Å². The Labute approximate surface area is 112 Å². The minimum Gasteiger partial charge on any atom is -0.343 e. The lowest BCUT2D eigenvalue weighted by atomic mass is 9.75. The number of carbonyl (C=O) groups is 1. The molecule has 0 aromatic rings. The molecule has 2 N–H and O–H groups in total. The molecule has 1 unspecified atom stereocenters. The third kappa shape index (κ3) is 4.60. The average Bonchev–Trinajstić information content (AvgIpc) is 2.34. The Bertz CT molecular complexity index is 266. The van der Waals surface area contributed by atoms with Gasteiger partial charge < -0.3 is 10.6 Å². The van der Waals surface area contributed by atoms with Crippen LogP contribution in [0.1, 0.15) is 59.3 Å². The summed E-state index contributed by atoms with van der Waals surface area (Å²) < 4.78 is 0. The first-order valence-electron chi connectivity index (χ1n) is 7.31. The normalized spacial score (nSPS) is 21.6. The highest BCUT2D eigenvalue weighted by Crippen LogP contribution is 2.36. The zero-order valence-electron chi connectivity index (χ0n) is 12.5. The quantitative estimate of drug-likeness (QED) is 0.820. The lowest BCUT2D eigenvalue weighted by molar-refractivity contribution is -0.133. The van der Waals surface area contributed by atoms with Gasteiger partial charge >= 0.3 is 0 Å². The smallest absolute Gasteiger partial charge is 0.222 e. The van der Waals surface area contributed by atoms with Crippen LogP contribution in [0.15, 0.2) is 0 Å². The molecule has 0 heterocycles. The Balaban J connectivity index is 2.35. The number of hydrogen-bond donors (Lipinski definition) is 1. The molecule has 1 atom stereocenters. The molecule has 0 saturated heterocycles. The van der Waals surface area contributed by atoms with Crippen molar-refractivity contribution in [1.82, 2.24) is 4.90 Å². The van der Waals surface area contributed by atoms with E-state index >= 15 is 0 Å². The summed E-state index contributed by atoms with van der Waals surface area (Å²) in [4.78, 5) is 14.1. The van der Waals surface area contributed by atoms with Crippen molar-refractivity contribution in [2.75, 3.05) is 13.6 Å². The van der Waals surface area contributed by atoms with Crippen LogP contribution in [0.5, 0.6) is 0 Å². The largest absolute Gasteiger partial charge is 0.343 e. The van der Waals surface area contributed by atoms with E-state index < -0.39 is 0 Å². The SMILES string of the molecule is CC(CN)CCC(=O)N(C)C1CCC(C)(C)CC1. The van der Waals surface area contributed by atoms with E-state index in [0.717, 1.165) is 19.3 Å². The van der Waals surface area contributed by atoms with Gasteiger partial charge in [0.15, 0.2) is 0 Å². The lowest BCUT2D eigenvalue weighted by Crippen LogP contribution is -2.40. The molecule has 1 amide bonds. The number of rotatable bonds is 5. The van der Waals surface area contributed by atoms with Crippen molar-refractivity contribution in [1.29, 1.82) is 0 Å². The van der Waals surface area contributed by atoms with Crippen LogP contribution in [0.4, 0.5) is 0 Å². The second-order valence-electron chi connectivity index (χ2n) is 6.78. The number of carbonyl (C=O) groups excluding carboxylic acids is 1. The molecular formula is C15H30N2O. The summed E-state index contributed by atoms with van der Waals surface area (Å²) in [6.45, 7) is 7.44. The van der Waals surface area contributed by atoms with E-state index in [-0.39, 0.29) is 0 Å². The summed E-state index contributed by atoms with van der Waals surface area (Å²) in [5, 5.41) is 0. The predicted octanol–water partition coefficient (Wildman–Crippen LogP) is 2.79. The molecule has 1 fully saturated rings. The number of nitrogens with zero attached hydrogens (tertiary/aromatic N) is 1. The van der Waals surface area contributed by atoms with Crippen molar-refractivity contribution in [2.24, 2.45) is 17.1 Å². The van der Waals surface area contributed by atoms with Crippen LogP contribution in [0.25, 0.3) is 0 Å². The second-order valence-corrected chi connectivity index (χ2v) is 6.78. The first-order chi connectivity index (χ1) is 8.35. The second kappa shape index (κ2) is 6.55. The summed E-state index contributed by atoms with van der Waals surface area (Å²) in [6, 6.07) is 0.457. The van der Waals surface area contributed by atoms with Crippen LogP contribution in [0.2, 0.25) is 0 Å². The van der Waals surface area contributed by atoms with Crippen molar-refractivity contribution < 1.29 is 4.79 Å². The van der Waals surface area contributed by atoms with Crippen LogP contribution >= 0.6 is 0 Å². The highest BCUT2D eigenvalue weighted by Gasteiger charge is 2.30. The summed E-state index contributed by atoms with van der Waals surface area (Å²) >= 11 is 0. The molecule has 0 aromatic heterocycles. The molecule has 3 nitrogen and oxygen atoms in total. The third-order valence-corrected chi connectivity index (χ3v) is 4.50. The first-order valence-corrected chi connectivity index (χ1v) is 7.31. The van der Waals surface area contributed by atoms with E-state index in [1.807, 2.05) is 11.9 Å². The monoisotopic (exact) mass is 254 g/mol. The Morgan fingerprint density at radius 1 is 1.39 bits per heavy atom. The molecule has 0 bridgehead atoms. The van der Waals surface area contributed by atoms with Crippen LogP contribution in [-0.2, 0) is 4.79 Å². The minimum atomic E-state index is 0.292. The van der Waals surface area contributed by atoms with Crippen molar-refractivity contribution in [3.05, 3.63) is 0 Å². The summed E-state index contributed by atoms with van der Waals surface area (Å²) in [6.07, 6.45) is 6.33. The molecule has 0 radical (unpaired) electrons.